The third kappa shape index (κ3) is 2.91. The molecule has 1 aromatic heterocycles. The standard InChI is InChI=1S/C18H19N3O3/c1-11-8-15(20-24-11)10-17(22)19-14-4-5-16-13(9-14)6-7-21(16)18(23)12-2-3-12/h4-5,8-9,12H,2-3,6-7,10H2,1H3,(H,19,22). The van der Waals surface area contributed by atoms with Gasteiger partial charge in [-0.25, -0.2) is 0 Å². The molecule has 1 aliphatic heterocycles. The van der Waals surface area contributed by atoms with E-state index >= 15 is 0 Å². The Morgan fingerprint density at radius 3 is 2.88 bits per heavy atom. The van der Waals surface area contributed by atoms with Crippen molar-refractivity contribution in [2.45, 2.75) is 32.6 Å². The SMILES string of the molecule is Cc1cc(CC(=O)Nc2ccc3c(c2)CCN3C(=O)C2CC2)no1. The molecule has 1 fully saturated rings. The Morgan fingerprint density at radius 1 is 1.33 bits per heavy atom. The smallest absolute Gasteiger partial charge is 0.230 e. The summed E-state index contributed by atoms with van der Waals surface area (Å²) in [6, 6.07) is 7.49. The summed E-state index contributed by atoms with van der Waals surface area (Å²) >= 11 is 0. The van der Waals surface area contributed by atoms with Crippen molar-refractivity contribution in [3.63, 3.8) is 0 Å². The van der Waals surface area contributed by atoms with Gasteiger partial charge >= 0.3 is 0 Å². The summed E-state index contributed by atoms with van der Waals surface area (Å²) in [4.78, 5) is 26.3. The molecular weight excluding hydrogens is 306 g/mol. The maximum Gasteiger partial charge on any atom is 0.230 e. The van der Waals surface area contributed by atoms with Crippen LogP contribution in [0.4, 0.5) is 11.4 Å². The van der Waals surface area contributed by atoms with Crippen molar-refractivity contribution in [1.82, 2.24) is 5.16 Å². The molecule has 6 heteroatoms. The van der Waals surface area contributed by atoms with E-state index < -0.39 is 0 Å². The zero-order valence-electron chi connectivity index (χ0n) is 13.5. The van der Waals surface area contributed by atoms with Gasteiger partial charge in [-0.3, -0.25) is 9.59 Å². The molecule has 24 heavy (non-hydrogen) atoms. The summed E-state index contributed by atoms with van der Waals surface area (Å²) in [7, 11) is 0. The lowest BCUT2D eigenvalue weighted by Crippen LogP contribution is -2.30. The van der Waals surface area contributed by atoms with E-state index in [1.807, 2.05) is 23.1 Å². The second kappa shape index (κ2) is 5.78. The lowest BCUT2D eigenvalue weighted by atomic mass is 10.1. The number of nitrogens with zero attached hydrogens (tertiary/aromatic N) is 2. The predicted molar refractivity (Wildman–Crippen MR) is 88.8 cm³/mol. The fourth-order valence-electron chi connectivity index (χ4n) is 3.13. The van der Waals surface area contributed by atoms with Gasteiger partial charge in [-0.05, 0) is 49.9 Å². The molecule has 1 saturated carbocycles. The number of anilines is 2. The van der Waals surface area contributed by atoms with E-state index in [0.29, 0.717) is 11.5 Å². The maximum absolute atomic E-state index is 12.3. The Balaban J connectivity index is 1.44. The van der Waals surface area contributed by atoms with Crippen LogP contribution in [0.3, 0.4) is 0 Å². The molecule has 6 nitrogen and oxygen atoms in total. The van der Waals surface area contributed by atoms with E-state index in [2.05, 4.69) is 10.5 Å². The van der Waals surface area contributed by atoms with Gasteiger partial charge in [0.2, 0.25) is 11.8 Å². The molecule has 0 bridgehead atoms. The number of aryl methyl sites for hydroxylation is 1. The summed E-state index contributed by atoms with van der Waals surface area (Å²) in [6.07, 6.45) is 3.04. The van der Waals surface area contributed by atoms with Gasteiger partial charge in [-0.2, -0.15) is 0 Å². The van der Waals surface area contributed by atoms with E-state index in [-0.39, 0.29) is 24.2 Å². The third-order valence-corrected chi connectivity index (χ3v) is 4.47. The number of nitrogens with one attached hydrogen (secondary N) is 1. The molecule has 2 aromatic rings. The van der Waals surface area contributed by atoms with Crippen molar-refractivity contribution in [1.29, 1.82) is 0 Å². The van der Waals surface area contributed by atoms with E-state index in [1.165, 1.54) is 0 Å². The number of carbonyl (C=O) groups excluding carboxylic acids is 2. The highest BCUT2D eigenvalue weighted by Crippen LogP contribution is 2.37. The van der Waals surface area contributed by atoms with Gasteiger partial charge < -0.3 is 14.7 Å². The second-order valence-corrected chi connectivity index (χ2v) is 6.51. The highest BCUT2D eigenvalue weighted by molar-refractivity contribution is 5.99. The topological polar surface area (TPSA) is 75.4 Å². The summed E-state index contributed by atoms with van der Waals surface area (Å²) in [6.45, 7) is 2.53. The lowest BCUT2D eigenvalue weighted by molar-refractivity contribution is -0.119. The minimum absolute atomic E-state index is 0.132. The van der Waals surface area contributed by atoms with Gasteiger partial charge in [0.25, 0.3) is 0 Å². The highest BCUT2D eigenvalue weighted by Gasteiger charge is 2.36. The molecular formula is C18H19N3O3. The first-order chi connectivity index (χ1) is 11.6. The van der Waals surface area contributed by atoms with E-state index in [0.717, 1.165) is 42.7 Å². The average Bonchev–Trinajstić information content (AvgIpc) is 3.20. The second-order valence-electron chi connectivity index (χ2n) is 6.51. The van der Waals surface area contributed by atoms with Gasteiger partial charge in [0.05, 0.1) is 12.1 Å². The molecule has 0 saturated heterocycles. The van der Waals surface area contributed by atoms with Crippen molar-refractivity contribution in [2.24, 2.45) is 5.92 Å². The Morgan fingerprint density at radius 2 is 2.17 bits per heavy atom. The van der Waals surface area contributed by atoms with Crippen LogP contribution >= 0.6 is 0 Å². The first kappa shape index (κ1) is 14.9. The molecule has 2 amide bonds. The summed E-state index contributed by atoms with van der Waals surface area (Å²) in [5.41, 5.74) is 3.46. The zero-order chi connectivity index (χ0) is 16.7. The van der Waals surface area contributed by atoms with Crippen LogP contribution in [0, 0.1) is 12.8 Å². The average molecular weight is 325 g/mol. The summed E-state index contributed by atoms with van der Waals surface area (Å²) in [5.74, 6) is 1.02. The number of fused-ring (bicyclic) bond motifs is 1. The fraction of sp³-hybridized carbons (Fsp3) is 0.389. The van der Waals surface area contributed by atoms with Crippen LogP contribution in [-0.4, -0.2) is 23.5 Å². The zero-order valence-corrected chi connectivity index (χ0v) is 13.5. The Kier molecular flexibility index (Phi) is 3.59. The lowest BCUT2D eigenvalue weighted by Gasteiger charge is -2.17. The van der Waals surface area contributed by atoms with Gasteiger partial charge in [0.15, 0.2) is 0 Å². The van der Waals surface area contributed by atoms with Crippen LogP contribution < -0.4 is 10.2 Å². The molecule has 0 unspecified atom stereocenters. The van der Waals surface area contributed by atoms with Gasteiger partial charge in [-0.1, -0.05) is 5.16 Å². The van der Waals surface area contributed by atoms with E-state index in [4.69, 9.17) is 4.52 Å². The number of carbonyl (C=O) groups is 2. The quantitative estimate of drug-likeness (QED) is 0.937. The van der Waals surface area contributed by atoms with E-state index in [1.54, 1.807) is 13.0 Å². The first-order valence-corrected chi connectivity index (χ1v) is 8.26. The van der Waals surface area contributed by atoms with E-state index in [9.17, 15) is 9.59 Å². The van der Waals surface area contributed by atoms with Crippen LogP contribution in [0.1, 0.15) is 29.9 Å². The molecule has 1 aliphatic carbocycles. The number of aromatic nitrogens is 1. The molecule has 124 valence electrons. The number of amides is 2. The monoisotopic (exact) mass is 325 g/mol. The minimum Gasteiger partial charge on any atom is -0.361 e. The fourth-order valence-corrected chi connectivity index (χ4v) is 3.13. The van der Waals surface area contributed by atoms with Gasteiger partial charge in [-0.15, -0.1) is 0 Å². The first-order valence-electron chi connectivity index (χ1n) is 8.26. The maximum atomic E-state index is 12.3. The molecule has 4 rings (SSSR count). The normalized spacial score (nSPS) is 16.1. The molecule has 0 spiro atoms. The highest BCUT2D eigenvalue weighted by atomic mass is 16.5. The van der Waals surface area contributed by atoms with Crippen molar-refractivity contribution in [3.05, 3.63) is 41.3 Å². The number of hydrogen-bond acceptors (Lipinski definition) is 4. The Hall–Kier alpha value is -2.63. The predicted octanol–water partition coefficient (Wildman–Crippen LogP) is 2.46. The largest absolute Gasteiger partial charge is 0.361 e. The Bertz CT molecular complexity index is 808. The van der Waals surface area contributed by atoms with Gasteiger partial charge in [0.1, 0.15) is 5.76 Å². The van der Waals surface area contributed by atoms with Crippen LogP contribution in [0.5, 0.6) is 0 Å². The molecule has 1 N–H and O–H groups in total. The van der Waals surface area contributed by atoms with Crippen LogP contribution in [-0.2, 0) is 22.4 Å². The van der Waals surface area contributed by atoms with Crippen molar-refractivity contribution in [2.75, 3.05) is 16.8 Å². The Labute approximate surface area is 139 Å². The molecule has 2 heterocycles. The van der Waals surface area contributed by atoms with Crippen LogP contribution in [0.25, 0.3) is 0 Å². The summed E-state index contributed by atoms with van der Waals surface area (Å²) in [5, 5.41) is 6.71. The number of benzene rings is 1. The number of hydrogen-bond donors (Lipinski definition) is 1. The number of rotatable bonds is 4. The van der Waals surface area contributed by atoms with Crippen LogP contribution in [0.2, 0.25) is 0 Å². The summed E-state index contributed by atoms with van der Waals surface area (Å²) < 4.78 is 4.97. The van der Waals surface area contributed by atoms with Gasteiger partial charge in [0, 0.05) is 29.9 Å². The van der Waals surface area contributed by atoms with Crippen molar-refractivity contribution < 1.29 is 14.1 Å². The molecule has 0 atom stereocenters. The van der Waals surface area contributed by atoms with Crippen molar-refractivity contribution in [3.8, 4) is 0 Å². The van der Waals surface area contributed by atoms with Crippen molar-refractivity contribution >= 4 is 23.2 Å². The minimum atomic E-state index is -0.132. The molecule has 0 radical (unpaired) electrons. The third-order valence-electron chi connectivity index (χ3n) is 4.47. The molecule has 2 aliphatic rings. The van der Waals surface area contributed by atoms with Crippen LogP contribution in [0.15, 0.2) is 28.8 Å². The molecule has 1 aromatic carbocycles.